The van der Waals surface area contributed by atoms with Gasteiger partial charge in [0.1, 0.15) is 11.5 Å². The minimum absolute atomic E-state index is 0.160. The summed E-state index contributed by atoms with van der Waals surface area (Å²) in [5.41, 5.74) is 3.08. The number of ether oxygens (including phenoxy) is 3. The summed E-state index contributed by atoms with van der Waals surface area (Å²) < 4.78 is 15.7. The largest absolute Gasteiger partial charge is 0.497 e. The molecule has 0 aliphatic carbocycles. The number of hydrogen-bond donors (Lipinski definition) is 0. The summed E-state index contributed by atoms with van der Waals surface area (Å²) in [4.78, 5) is 11.8. The Morgan fingerprint density at radius 3 is 1.93 bits per heavy atom. The van der Waals surface area contributed by atoms with Crippen LogP contribution in [0.25, 0.3) is 5.57 Å². The van der Waals surface area contributed by atoms with E-state index < -0.39 is 0 Å². The van der Waals surface area contributed by atoms with E-state index in [-0.39, 0.29) is 12.4 Å². The SMILES string of the molecule is CCOC(=O)CCC(C#N)=C(c1ccc(OC)cc1)c1ccc(OCC)cc1. The molecule has 0 fully saturated rings. The number of benzene rings is 2. The Balaban J connectivity index is 2.46. The van der Waals surface area contributed by atoms with Gasteiger partial charge in [-0.15, -0.1) is 0 Å². The molecule has 5 nitrogen and oxygen atoms in total. The lowest BCUT2D eigenvalue weighted by Crippen LogP contribution is -2.05. The molecule has 0 aliphatic heterocycles. The zero-order valence-electron chi connectivity index (χ0n) is 16.5. The van der Waals surface area contributed by atoms with E-state index in [9.17, 15) is 10.1 Å². The fraction of sp³-hybridized carbons (Fsp3) is 0.304. The Labute approximate surface area is 166 Å². The van der Waals surface area contributed by atoms with Gasteiger partial charge in [0.05, 0.1) is 32.8 Å². The molecular formula is C23H25NO4. The lowest BCUT2D eigenvalue weighted by Gasteiger charge is -2.13. The normalized spacial score (nSPS) is 11.2. The lowest BCUT2D eigenvalue weighted by atomic mass is 9.91. The summed E-state index contributed by atoms with van der Waals surface area (Å²) in [6.07, 6.45) is 0.470. The van der Waals surface area contributed by atoms with E-state index >= 15 is 0 Å². The second kappa shape index (κ2) is 10.8. The molecule has 5 heteroatoms. The third kappa shape index (κ3) is 5.62. The molecule has 28 heavy (non-hydrogen) atoms. The zero-order chi connectivity index (χ0) is 20.4. The van der Waals surface area contributed by atoms with E-state index in [4.69, 9.17) is 14.2 Å². The number of allylic oxidation sites excluding steroid dienone is 1. The maximum Gasteiger partial charge on any atom is 0.306 e. The fourth-order valence-corrected chi connectivity index (χ4v) is 2.85. The first-order valence-electron chi connectivity index (χ1n) is 9.29. The Kier molecular flexibility index (Phi) is 8.11. The topological polar surface area (TPSA) is 68.6 Å². The summed E-state index contributed by atoms with van der Waals surface area (Å²) in [5, 5.41) is 9.79. The standard InChI is InChI=1S/C23H25NO4/c1-4-27-21-13-8-18(9-14-21)23(17-6-11-20(26-3)12-7-17)19(16-24)10-15-22(25)28-5-2/h6-9,11-14H,4-5,10,15H2,1-3H3. The van der Waals surface area contributed by atoms with Crippen LogP contribution in [0.2, 0.25) is 0 Å². The first-order valence-corrected chi connectivity index (χ1v) is 9.29. The Morgan fingerprint density at radius 1 is 0.893 bits per heavy atom. The summed E-state index contributed by atoms with van der Waals surface area (Å²) in [6.45, 7) is 4.61. The Morgan fingerprint density at radius 2 is 1.46 bits per heavy atom. The van der Waals surface area contributed by atoms with Gasteiger partial charge in [-0.25, -0.2) is 0 Å². The molecule has 0 aliphatic rings. The van der Waals surface area contributed by atoms with Crippen molar-refractivity contribution in [3.05, 3.63) is 65.2 Å². The van der Waals surface area contributed by atoms with Gasteiger partial charge in [0, 0.05) is 11.1 Å². The van der Waals surface area contributed by atoms with Crippen molar-refractivity contribution in [1.82, 2.24) is 0 Å². The third-order valence-electron chi connectivity index (χ3n) is 4.15. The quantitative estimate of drug-likeness (QED) is 0.464. The van der Waals surface area contributed by atoms with Crippen LogP contribution in [0.4, 0.5) is 0 Å². The lowest BCUT2D eigenvalue weighted by molar-refractivity contribution is -0.143. The van der Waals surface area contributed by atoms with Gasteiger partial charge in [-0.3, -0.25) is 4.79 Å². The summed E-state index contributed by atoms with van der Waals surface area (Å²) in [7, 11) is 1.61. The van der Waals surface area contributed by atoms with Crippen molar-refractivity contribution >= 4 is 11.5 Å². The van der Waals surface area contributed by atoms with Crippen molar-refractivity contribution in [3.8, 4) is 17.6 Å². The maximum absolute atomic E-state index is 11.8. The van der Waals surface area contributed by atoms with Crippen LogP contribution in [-0.2, 0) is 9.53 Å². The summed E-state index contributed by atoms with van der Waals surface area (Å²) in [6, 6.07) is 17.4. The number of methoxy groups -OCH3 is 1. The molecule has 0 spiro atoms. The van der Waals surface area contributed by atoms with E-state index in [2.05, 4.69) is 6.07 Å². The van der Waals surface area contributed by atoms with Gasteiger partial charge in [0.2, 0.25) is 0 Å². The predicted molar refractivity (Wildman–Crippen MR) is 108 cm³/mol. The molecule has 146 valence electrons. The number of esters is 1. The molecule has 0 atom stereocenters. The van der Waals surface area contributed by atoms with Crippen molar-refractivity contribution in [2.45, 2.75) is 26.7 Å². The molecule has 0 heterocycles. The highest BCUT2D eigenvalue weighted by Crippen LogP contribution is 2.31. The highest BCUT2D eigenvalue weighted by molar-refractivity contribution is 5.85. The molecular weight excluding hydrogens is 354 g/mol. The highest BCUT2D eigenvalue weighted by atomic mass is 16.5. The van der Waals surface area contributed by atoms with Gasteiger partial charge in [-0.2, -0.15) is 5.26 Å². The second-order valence-corrected chi connectivity index (χ2v) is 5.96. The molecule has 0 N–H and O–H groups in total. The molecule has 0 saturated heterocycles. The number of nitrogens with zero attached hydrogens (tertiary/aromatic N) is 1. The molecule has 0 radical (unpaired) electrons. The van der Waals surface area contributed by atoms with Crippen LogP contribution in [-0.4, -0.2) is 26.3 Å². The maximum atomic E-state index is 11.8. The molecule has 2 aromatic carbocycles. The van der Waals surface area contributed by atoms with Crippen LogP contribution in [0.3, 0.4) is 0 Å². The molecule has 2 rings (SSSR count). The van der Waals surface area contributed by atoms with Crippen molar-refractivity contribution in [2.24, 2.45) is 0 Å². The monoisotopic (exact) mass is 379 g/mol. The highest BCUT2D eigenvalue weighted by Gasteiger charge is 2.14. The van der Waals surface area contributed by atoms with E-state index in [1.807, 2.05) is 55.5 Å². The fourth-order valence-electron chi connectivity index (χ4n) is 2.85. The molecule has 0 aromatic heterocycles. The van der Waals surface area contributed by atoms with Crippen LogP contribution >= 0.6 is 0 Å². The van der Waals surface area contributed by atoms with E-state index in [0.717, 1.165) is 28.2 Å². The smallest absolute Gasteiger partial charge is 0.306 e. The number of nitriles is 1. The number of carbonyl (C=O) groups excluding carboxylic acids is 1. The van der Waals surface area contributed by atoms with Gasteiger partial charge in [0.15, 0.2) is 0 Å². The average molecular weight is 379 g/mol. The third-order valence-corrected chi connectivity index (χ3v) is 4.15. The number of rotatable bonds is 9. The van der Waals surface area contributed by atoms with Crippen molar-refractivity contribution < 1.29 is 19.0 Å². The molecule has 0 unspecified atom stereocenters. The van der Waals surface area contributed by atoms with Crippen LogP contribution < -0.4 is 9.47 Å². The van der Waals surface area contributed by atoms with Gasteiger partial charge >= 0.3 is 5.97 Å². The number of hydrogen-bond acceptors (Lipinski definition) is 5. The van der Waals surface area contributed by atoms with E-state index in [0.29, 0.717) is 25.2 Å². The van der Waals surface area contributed by atoms with E-state index in [1.54, 1.807) is 14.0 Å². The first kappa shape index (κ1) is 21.0. The van der Waals surface area contributed by atoms with Crippen molar-refractivity contribution in [2.75, 3.05) is 20.3 Å². The average Bonchev–Trinajstić information content (AvgIpc) is 2.72. The van der Waals surface area contributed by atoms with Crippen LogP contribution in [0.5, 0.6) is 11.5 Å². The van der Waals surface area contributed by atoms with Gasteiger partial charge in [-0.05, 0) is 55.7 Å². The van der Waals surface area contributed by atoms with Crippen LogP contribution in [0.1, 0.15) is 37.8 Å². The predicted octanol–water partition coefficient (Wildman–Crippen LogP) is 4.76. The zero-order valence-corrected chi connectivity index (χ0v) is 16.5. The van der Waals surface area contributed by atoms with Crippen molar-refractivity contribution in [3.63, 3.8) is 0 Å². The van der Waals surface area contributed by atoms with Gasteiger partial charge < -0.3 is 14.2 Å². The van der Waals surface area contributed by atoms with Gasteiger partial charge in [0.25, 0.3) is 0 Å². The van der Waals surface area contributed by atoms with Crippen LogP contribution in [0, 0.1) is 11.3 Å². The molecule has 0 saturated carbocycles. The molecule has 2 aromatic rings. The molecule has 0 bridgehead atoms. The molecule has 0 amide bonds. The Hall–Kier alpha value is -3.26. The van der Waals surface area contributed by atoms with Gasteiger partial charge in [-0.1, -0.05) is 24.3 Å². The van der Waals surface area contributed by atoms with Crippen molar-refractivity contribution in [1.29, 1.82) is 5.26 Å². The first-order chi connectivity index (χ1) is 13.6. The summed E-state index contributed by atoms with van der Waals surface area (Å²) in [5.74, 6) is 1.20. The van der Waals surface area contributed by atoms with E-state index in [1.165, 1.54) is 0 Å². The van der Waals surface area contributed by atoms with Crippen LogP contribution in [0.15, 0.2) is 54.1 Å². The minimum atomic E-state index is -0.309. The Bertz CT molecular complexity index is 846. The second-order valence-electron chi connectivity index (χ2n) is 5.96. The summed E-state index contributed by atoms with van der Waals surface area (Å²) >= 11 is 0. The minimum Gasteiger partial charge on any atom is -0.497 e. The number of carbonyl (C=O) groups is 1.